The van der Waals surface area contributed by atoms with Crippen LogP contribution in [0.25, 0.3) is 0 Å². The third-order valence-corrected chi connectivity index (χ3v) is 8.58. The van der Waals surface area contributed by atoms with Crippen LogP contribution in [0.3, 0.4) is 0 Å². The summed E-state index contributed by atoms with van der Waals surface area (Å²) < 4.78 is 17.0. The van der Waals surface area contributed by atoms with E-state index >= 15 is 0 Å². The molecule has 306 valence electrons. The summed E-state index contributed by atoms with van der Waals surface area (Å²) >= 11 is 0. The lowest BCUT2D eigenvalue weighted by atomic mass is 10.1. The fraction of sp³-hybridized carbons (Fsp3) is 0.630. The van der Waals surface area contributed by atoms with Crippen molar-refractivity contribution in [2.75, 3.05) is 41.0 Å². The Kier molecular flexibility index (Phi) is 34.1. The first-order chi connectivity index (χ1) is 26.1. The van der Waals surface area contributed by atoms with Gasteiger partial charge in [-0.15, -0.1) is 0 Å². The zero-order valence-electron chi connectivity index (χ0n) is 34.6. The van der Waals surface area contributed by atoms with Crippen molar-refractivity contribution < 1.29 is 38.2 Å². The number of hydrogen-bond acceptors (Lipinski definition) is 7. The quantitative estimate of drug-likeness (QED) is 0.0209. The van der Waals surface area contributed by atoms with Gasteiger partial charge in [-0.25, -0.2) is 0 Å². The summed E-state index contributed by atoms with van der Waals surface area (Å²) in [5, 5.41) is 11.6. The molecule has 0 heterocycles. The van der Waals surface area contributed by atoms with Gasteiger partial charge in [0.05, 0.1) is 40.3 Å². The number of aliphatic carboxylic acids is 1. The minimum atomic E-state index is -1.14. The number of allylic oxidation sites excluding steroid dienone is 14. The van der Waals surface area contributed by atoms with Gasteiger partial charge >= 0.3 is 11.9 Å². The van der Waals surface area contributed by atoms with Gasteiger partial charge in [-0.1, -0.05) is 131 Å². The van der Waals surface area contributed by atoms with E-state index in [1.54, 1.807) is 21.1 Å². The van der Waals surface area contributed by atoms with Crippen molar-refractivity contribution in [2.24, 2.45) is 0 Å². The molecule has 0 aliphatic carbocycles. The van der Waals surface area contributed by atoms with E-state index in [-0.39, 0.29) is 49.1 Å². The van der Waals surface area contributed by atoms with E-state index in [0.29, 0.717) is 12.8 Å². The molecule has 2 unspecified atom stereocenters. The molecule has 2 atom stereocenters. The zero-order valence-corrected chi connectivity index (χ0v) is 34.6. The molecule has 0 rings (SSSR count). The third-order valence-electron chi connectivity index (χ3n) is 8.58. The molecule has 8 nitrogen and oxygen atoms in total. The van der Waals surface area contributed by atoms with Crippen LogP contribution in [0.4, 0.5) is 0 Å². The highest BCUT2D eigenvalue weighted by atomic mass is 16.6. The summed E-state index contributed by atoms with van der Waals surface area (Å²) in [6, 6.07) is -0.742. The second-order valence-corrected chi connectivity index (χ2v) is 14.5. The van der Waals surface area contributed by atoms with Gasteiger partial charge in [0.15, 0.2) is 6.10 Å². The van der Waals surface area contributed by atoms with E-state index in [4.69, 9.17) is 14.2 Å². The number of esters is 2. The summed E-state index contributed by atoms with van der Waals surface area (Å²) in [4.78, 5) is 36.7. The molecule has 0 radical (unpaired) electrons. The average molecular weight is 754 g/mol. The SMILES string of the molecule is CC/C=C/C=C/C=C/CCCCCCCC(=O)OCC(COCCC(C(=O)[O-])[N+](C)(C)C)OC(=O)CCC/C=C/C/C=C/C/C=C/C/C=C/CCCCC. The maximum absolute atomic E-state index is 12.7. The number of carbonyl (C=O) groups excluding carboxylic acids is 3. The van der Waals surface area contributed by atoms with Crippen LogP contribution in [0.15, 0.2) is 85.1 Å². The second kappa shape index (κ2) is 36.5. The Labute approximate surface area is 329 Å². The monoisotopic (exact) mass is 754 g/mol. The van der Waals surface area contributed by atoms with Crippen LogP contribution >= 0.6 is 0 Å². The molecule has 8 heteroatoms. The van der Waals surface area contributed by atoms with Crippen molar-refractivity contribution >= 4 is 17.9 Å². The van der Waals surface area contributed by atoms with Crippen LogP contribution < -0.4 is 5.11 Å². The Morgan fingerprint density at radius 3 is 1.74 bits per heavy atom. The maximum atomic E-state index is 12.7. The number of nitrogens with zero attached hydrogens (tertiary/aromatic N) is 1. The van der Waals surface area contributed by atoms with Crippen LogP contribution in [0, 0.1) is 0 Å². The minimum absolute atomic E-state index is 0.00673. The molecule has 0 saturated carbocycles. The van der Waals surface area contributed by atoms with Gasteiger partial charge < -0.3 is 28.6 Å². The molecule has 0 N–H and O–H groups in total. The number of carbonyl (C=O) groups is 3. The Bertz CT molecular complexity index is 1160. The topological polar surface area (TPSA) is 102 Å². The molecule has 0 bridgehead atoms. The van der Waals surface area contributed by atoms with Crippen molar-refractivity contribution in [1.82, 2.24) is 0 Å². The molecule has 0 amide bonds. The van der Waals surface area contributed by atoms with Crippen LogP contribution in [0.5, 0.6) is 0 Å². The standard InChI is InChI=1S/C46H75NO7/c1-6-8-10-12-14-16-18-20-21-22-23-25-27-29-31-33-35-37-45(49)54-42(40-52-39-38-43(46(50)51)47(3,4)5)41-53-44(48)36-34-32-30-28-26-24-19-17-15-13-11-9-7-2/h9,11,13-17,19-21,23,25,29,31,42-43H,6-8,10,12,18,22,24,26-28,30,32-41H2,1-5H3/b11-9+,15-13+,16-14+,19-17+,21-20+,25-23+,31-29+. The van der Waals surface area contributed by atoms with Crippen molar-refractivity contribution in [3.8, 4) is 0 Å². The molecule has 0 aliphatic rings. The van der Waals surface area contributed by atoms with Gasteiger partial charge in [0.2, 0.25) is 0 Å². The summed E-state index contributed by atoms with van der Waals surface area (Å²) in [5.41, 5.74) is 0. The molecule has 0 saturated heterocycles. The second-order valence-electron chi connectivity index (χ2n) is 14.5. The van der Waals surface area contributed by atoms with Gasteiger partial charge in [-0.2, -0.15) is 0 Å². The number of unbranched alkanes of at least 4 members (excludes halogenated alkanes) is 9. The predicted octanol–water partition coefficient (Wildman–Crippen LogP) is 9.63. The predicted molar refractivity (Wildman–Crippen MR) is 222 cm³/mol. The number of hydrogen-bond donors (Lipinski definition) is 0. The third kappa shape index (κ3) is 34.3. The molecule has 0 aromatic heterocycles. The minimum Gasteiger partial charge on any atom is -0.544 e. The van der Waals surface area contributed by atoms with Crippen LogP contribution in [-0.2, 0) is 28.6 Å². The molecule has 0 aromatic carbocycles. The average Bonchev–Trinajstić information content (AvgIpc) is 3.12. The van der Waals surface area contributed by atoms with Crippen molar-refractivity contribution in [2.45, 2.75) is 148 Å². The number of quaternary nitrogens is 1. The lowest BCUT2D eigenvalue weighted by molar-refractivity contribution is -0.889. The molecule has 0 aliphatic heterocycles. The fourth-order valence-corrected chi connectivity index (χ4v) is 5.35. The van der Waals surface area contributed by atoms with Crippen LogP contribution in [0.2, 0.25) is 0 Å². The molecule has 0 fully saturated rings. The first kappa shape index (κ1) is 50.5. The largest absolute Gasteiger partial charge is 0.544 e. The van der Waals surface area contributed by atoms with Crippen molar-refractivity contribution in [3.05, 3.63) is 85.1 Å². The highest BCUT2D eigenvalue weighted by Crippen LogP contribution is 2.11. The van der Waals surface area contributed by atoms with E-state index in [0.717, 1.165) is 70.6 Å². The first-order valence-corrected chi connectivity index (χ1v) is 20.6. The van der Waals surface area contributed by atoms with Gasteiger partial charge in [0, 0.05) is 19.3 Å². The lowest BCUT2D eigenvalue weighted by Crippen LogP contribution is -2.55. The van der Waals surface area contributed by atoms with E-state index in [2.05, 4.69) is 86.8 Å². The summed E-state index contributed by atoms with van der Waals surface area (Å²) in [5.74, 6) is -1.85. The Hall–Kier alpha value is -3.49. The van der Waals surface area contributed by atoms with Gasteiger partial charge in [-0.05, 0) is 70.6 Å². The van der Waals surface area contributed by atoms with Crippen molar-refractivity contribution in [1.29, 1.82) is 0 Å². The Balaban J connectivity index is 4.54. The summed E-state index contributed by atoms with van der Waals surface area (Å²) in [7, 11) is 5.36. The number of likely N-dealkylation sites (N-methyl/N-ethyl adjacent to an activating group) is 1. The van der Waals surface area contributed by atoms with E-state index in [9.17, 15) is 19.5 Å². The molecule has 54 heavy (non-hydrogen) atoms. The zero-order chi connectivity index (χ0) is 40.0. The van der Waals surface area contributed by atoms with Crippen molar-refractivity contribution in [3.63, 3.8) is 0 Å². The Morgan fingerprint density at radius 1 is 0.593 bits per heavy atom. The number of carboxylic acid groups (broad SMARTS) is 1. The summed E-state index contributed by atoms with van der Waals surface area (Å²) in [6.45, 7) is 4.39. The van der Waals surface area contributed by atoms with Crippen LogP contribution in [0.1, 0.15) is 136 Å². The number of carboxylic acids is 1. The number of ether oxygens (including phenoxy) is 3. The van der Waals surface area contributed by atoms with Gasteiger partial charge in [0.25, 0.3) is 0 Å². The normalized spacial score (nSPS) is 13.9. The maximum Gasteiger partial charge on any atom is 0.306 e. The highest BCUT2D eigenvalue weighted by Gasteiger charge is 2.25. The lowest BCUT2D eigenvalue weighted by Gasteiger charge is -2.34. The van der Waals surface area contributed by atoms with Gasteiger partial charge in [-0.3, -0.25) is 9.59 Å². The van der Waals surface area contributed by atoms with Gasteiger partial charge in [0.1, 0.15) is 12.6 Å². The Morgan fingerprint density at radius 2 is 1.13 bits per heavy atom. The first-order valence-electron chi connectivity index (χ1n) is 20.6. The highest BCUT2D eigenvalue weighted by molar-refractivity contribution is 5.70. The summed E-state index contributed by atoms with van der Waals surface area (Å²) in [6.07, 6.45) is 46.1. The molecule has 0 aromatic rings. The number of rotatable bonds is 35. The molecular formula is C46H75NO7. The van der Waals surface area contributed by atoms with E-state index in [1.807, 2.05) is 12.2 Å². The fourth-order valence-electron chi connectivity index (χ4n) is 5.35. The smallest absolute Gasteiger partial charge is 0.306 e. The molecule has 0 spiro atoms. The molecular weight excluding hydrogens is 679 g/mol. The van der Waals surface area contributed by atoms with E-state index in [1.165, 1.54) is 25.7 Å². The van der Waals surface area contributed by atoms with E-state index < -0.39 is 18.1 Å². The van der Waals surface area contributed by atoms with Crippen LogP contribution in [-0.4, -0.2) is 75.5 Å².